The molecule has 1 N–H and O–H groups in total. The second kappa shape index (κ2) is 9.20. The molecule has 0 aliphatic carbocycles. The SMILES string of the molecule is CC(Cc1ccccc1F)C(=O)Nc1ccc(N2CCN(C(C)C)CC2)cc1. The molecule has 28 heavy (non-hydrogen) atoms. The van der Waals surface area contributed by atoms with Gasteiger partial charge >= 0.3 is 0 Å². The molecule has 0 saturated carbocycles. The number of carbonyl (C=O) groups is 1. The molecule has 1 aliphatic heterocycles. The quantitative estimate of drug-likeness (QED) is 0.813. The summed E-state index contributed by atoms with van der Waals surface area (Å²) in [7, 11) is 0. The average molecular weight is 384 g/mol. The lowest BCUT2D eigenvalue weighted by molar-refractivity contribution is -0.119. The highest BCUT2D eigenvalue weighted by Gasteiger charge is 2.19. The van der Waals surface area contributed by atoms with Gasteiger partial charge in [0.25, 0.3) is 0 Å². The molecule has 2 aromatic rings. The van der Waals surface area contributed by atoms with Gasteiger partial charge in [-0.05, 0) is 56.2 Å². The Labute approximate surface area is 167 Å². The Morgan fingerprint density at radius 1 is 1.00 bits per heavy atom. The molecule has 4 nitrogen and oxygen atoms in total. The third kappa shape index (κ3) is 5.10. The van der Waals surface area contributed by atoms with Crippen LogP contribution in [0, 0.1) is 11.7 Å². The van der Waals surface area contributed by atoms with Crippen LogP contribution < -0.4 is 10.2 Å². The molecule has 1 atom stereocenters. The highest BCUT2D eigenvalue weighted by molar-refractivity contribution is 5.92. The summed E-state index contributed by atoms with van der Waals surface area (Å²) in [6, 6.07) is 15.2. The van der Waals surface area contributed by atoms with Gasteiger partial charge in [-0.3, -0.25) is 9.69 Å². The van der Waals surface area contributed by atoms with E-state index in [0.29, 0.717) is 18.0 Å². The summed E-state index contributed by atoms with van der Waals surface area (Å²) in [4.78, 5) is 17.3. The van der Waals surface area contributed by atoms with E-state index >= 15 is 0 Å². The van der Waals surface area contributed by atoms with Gasteiger partial charge in [-0.25, -0.2) is 4.39 Å². The van der Waals surface area contributed by atoms with Gasteiger partial charge in [0.15, 0.2) is 0 Å². The van der Waals surface area contributed by atoms with Crippen molar-refractivity contribution in [3.63, 3.8) is 0 Å². The van der Waals surface area contributed by atoms with Crippen molar-refractivity contribution in [1.82, 2.24) is 4.90 Å². The number of amides is 1. The lowest BCUT2D eigenvalue weighted by Crippen LogP contribution is -2.48. The van der Waals surface area contributed by atoms with E-state index in [0.717, 1.165) is 31.9 Å². The van der Waals surface area contributed by atoms with Crippen LogP contribution >= 0.6 is 0 Å². The van der Waals surface area contributed by atoms with E-state index < -0.39 is 0 Å². The number of benzene rings is 2. The molecule has 5 heteroatoms. The van der Waals surface area contributed by atoms with Crippen molar-refractivity contribution in [2.24, 2.45) is 5.92 Å². The molecule has 0 spiro atoms. The molecule has 150 valence electrons. The van der Waals surface area contributed by atoms with Crippen LogP contribution in [0.3, 0.4) is 0 Å². The highest BCUT2D eigenvalue weighted by atomic mass is 19.1. The maximum atomic E-state index is 13.8. The fraction of sp³-hybridized carbons (Fsp3) is 0.435. The fourth-order valence-corrected chi connectivity index (χ4v) is 3.60. The Kier molecular flexibility index (Phi) is 6.68. The van der Waals surface area contributed by atoms with Crippen LogP contribution in [0.15, 0.2) is 48.5 Å². The van der Waals surface area contributed by atoms with Crippen molar-refractivity contribution in [2.75, 3.05) is 36.4 Å². The summed E-state index contributed by atoms with van der Waals surface area (Å²) >= 11 is 0. The Balaban J connectivity index is 1.54. The first-order chi connectivity index (χ1) is 13.4. The van der Waals surface area contributed by atoms with Crippen molar-refractivity contribution in [3.05, 3.63) is 59.9 Å². The molecule has 3 rings (SSSR count). The summed E-state index contributed by atoms with van der Waals surface area (Å²) in [6.45, 7) is 10.5. The first-order valence-electron chi connectivity index (χ1n) is 10.1. The van der Waals surface area contributed by atoms with Gasteiger partial charge in [0.05, 0.1) is 0 Å². The van der Waals surface area contributed by atoms with E-state index in [4.69, 9.17) is 0 Å². The number of hydrogen-bond donors (Lipinski definition) is 1. The summed E-state index contributed by atoms with van der Waals surface area (Å²) in [6.07, 6.45) is 0.386. The van der Waals surface area contributed by atoms with Crippen molar-refractivity contribution < 1.29 is 9.18 Å². The fourth-order valence-electron chi connectivity index (χ4n) is 3.60. The largest absolute Gasteiger partial charge is 0.369 e. The first kappa shape index (κ1) is 20.3. The van der Waals surface area contributed by atoms with Crippen LogP contribution in [0.2, 0.25) is 0 Å². The third-order valence-corrected chi connectivity index (χ3v) is 5.48. The van der Waals surface area contributed by atoms with E-state index in [9.17, 15) is 9.18 Å². The number of nitrogens with zero attached hydrogens (tertiary/aromatic N) is 2. The van der Waals surface area contributed by atoms with Crippen molar-refractivity contribution in [1.29, 1.82) is 0 Å². The molecule has 1 fully saturated rings. The van der Waals surface area contributed by atoms with E-state index in [1.807, 2.05) is 19.1 Å². The minimum absolute atomic E-state index is 0.0958. The Morgan fingerprint density at radius 3 is 2.25 bits per heavy atom. The Hall–Kier alpha value is -2.40. The van der Waals surface area contributed by atoms with Crippen LogP contribution in [0.5, 0.6) is 0 Å². The molecule has 2 aromatic carbocycles. The smallest absolute Gasteiger partial charge is 0.227 e. The minimum atomic E-state index is -0.305. The number of hydrogen-bond acceptors (Lipinski definition) is 3. The number of carbonyl (C=O) groups excluding carboxylic acids is 1. The lowest BCUT2D eigenvalue weighted by Gasteiger charge is -2.38. The third-order valence-electron chi connectivity index (χ3n) is 5.48. The number of rotatable bonds is 6. The predicted molar refractivity (Wildman–Crippen MR) is 113 cm³/mol. The summed E-state index contributed by atoms with van der Waals surface area (Å²) in [5, 5.41) is 2.95. The lowest BCUT2D eigenvalue weighted by atomic mass is 10.00. The van der Waals surface area contributed by atoms with Gasteiger partial charge in [0.2, 0.25) is 5.91 Å². The molecule has 1 amide bonds. The number of nitrogens with one attached hydrogen (secondary N) is 1. The summed E-state index contributed by atoms with van der Waals surface area (Å²) in [5.41, 5.74) is 2.52. The summed E-state index contributed by atoms with van der Waals surface area (Å²) < 4.78 is 13.8. The van der Waals surface area contributed by atoms with Crippen molar-refractivity contribution >= 4 is 17.3 Å². The van der Waals surface area contributed by atoms with Gasteiger partial charge < -0.3 is 10.2 Å². The second-order valence-electron chi connectivity index (χ2n) is 7.85. The van der Waals surface area contributed by atoms with E-state index in [1.54, 1.807) is 18.2 Å². The molecule has 0 bridgehead atoms. The van der Waals surface area contributed by atoms with Crippen LogP contribution in [0.4, 0.5) is 15.8 Å². The maximum Gasteiger partial charge on any atom is 0.227 e. The van der Waals surface area contributed by atoms with Gasteiger partial charge in [0.1, 0.15) is 5.82 Å². The van der Waals surface area contributed by atoms with Gasteiger partial charge in [0, 0.05) is 49.5 Å². The zero-order valence-electron chi connectivity index (χ0n) is 17.0. The number of anilines is 2. The highest BCUT2D eigenvalue weighted by Crippen LogP contribution is 2.21. The molecule has 1 unspecified atom stereocenters. The van der Waals surface area contributed by atoms with Crippen LogP contribution in [-0.2, 0) is 11.2 Å². The number of halogens is 1. The second-order valence-corrected chi connectivity index (χ2v) is 7.85. The predicted octanol–water partition coefficient (Wildman–Crippen LogP) is 4.17. The van der Waals surface area contributed by atoms with E-state index in [-0.39, 0.29) is 17.6 Å². The van der Waals surface area contributed by atoms with Gasteiger partial charge in [-0.1, -0.05) is 25.1 Å². The van der Waals surface area contributed by atoms with Crippen molar-refractivity contribution in [2.45, 2.75) is 33.2 Å². The minimum Gasteiger partial charge on any atom is -0.369 e. The normalized spacial score (nSPS) is 16.2. The van der Waals surface area contributed by atoms with Crippen LogP contribution in [0.1, 0.15) is 26.3 Å². The monoisotopic (exact) mass is 383 g/mol. The van der Waals surface area contributed by atoms with Crippen molar-refractivity contribution in [3.8, 4) is 0 Å². The molecule has 0 radical (unpaired) electrons. The van der Waals surface area contributed by atoms with Gasteiger partial charge in [-0.2, -0.15) is 0 Å². The molecule has 1 saturated heterocycles. The molecule has 1 heterocycles. The van der Waals surface area contributed by atoms with E-state index in [2.05, 4.69) is 41.1 Å². The maximum absolute atomic E-state index is 13.8. The Bertz CT molecular complexity index is 783. The zero-order chi connectivity index (χ0) is 20.1. The molecule has 0 aromatic heterocycles. The molecular formula is C23H30FN3O. The van der Waals surface area contributed by atoms with Crippen LogP contribution in [0.25, 0.3) is 0 Å². The zero-order valence-corrected chi connectivity index (χ0v) is 17.0. The van der Waals surface area contributed by atoms with Crippen LogP contribution in [-0.4, -0.2) is 43.0 Å². The molecular weight excluding hydrogens is 353 g/mol. The van der Waals surface area contributed by atoms with E-state index in [1.165, 1.54) is 11.8 Å². The Morgan fingerprint density at radius 2 is 1.64 bits per heavy atom. The number of piperazine rings is 1. The average Bonchev–Trinajstić information content (AvgIpc) is 2.70. The topological polar surface area (TPSA) is 35.6 Å². The van der Waals surface area contributed by atoms with Gasteiger partial charge in [-0.15, -0.1) is 0 Å². The standard InChI is InChI=1S/C23H30FN3O/c1-17(2)26-12-14-27(15-13-26)21-10-8-20(9-11-21)25-23(28)18(3)16-19-6-4-5-7-22(19)24/h4-11,17-18H,12-16H2,1-3H3,(H,25,28). The first-order valence-corrected chi connectivity index (χ1v) is 10.1. The summed E-state index contributed by atoms with van der Waals surface area (Å²) in [5.74, 6) is -0.661. The molecule has 1 aliphatic rings.